The predicted octanol–water partition coefficient (Wildman–Crippen LogP) is 2.04. The first-order valence-corrected chi connectivity index (χ1v) is 6.60. The number of carbonyl (C=O) groups is 2. The summed E-state index contributed by atoms with van der Waals surface area (Å²) in [6.07, 6.45) is -8.27. The zero-order valence-electron chi connectivity index (χ0n) is 13.1. The monoisotopic (exact) mass is 392 g/mol. The van der Waals surface area contributed by atoms with Gasteiger partial charge in [-0.25, -0.2) is 14.6 Å². The maximum atomic E-state index is 10.6. The molecule has 3 N–H and O–H groups in total. The normalized spacial score (nSPS) is 14.0. The van der Waals surface area contributed by atoms with Gasteiger partial charge in [0.1, 0.15) is 0 Å². The fourth-order valence-corrected chi connectivity index (χ4v) is 1.28. The van der Waals surface area contributed by atoms with Gasteiger partial charge in [0.2, 0.25) is 5.88 Å². The van der Waals surface area contributed by atoms with Gasteiger partial charge in [0.15, 0.2) is 0 Å². The molecular weight excluding hydrogens is 378 g/mol. The molecule has 2 heterocycles. The number of hydrogen-bond acceptors (Lipinski definition) is 5. The topological polar surface area (TPSA) is 109 Å². The van der Waals surface area contributed by atoms with E-state index >= 15 is 0 Å². The Kier molecular flexibility index (Phi) is 8.83. The molecule has 0 unspecified atom stereocenters. The zero-order valence-corrected chi connectivity index (χ0v) is 13.1. The van der Waals surface area contributed by atoms with Crippen molar-refractivity contribution in [3.05, 3.63) is 23.9 Å². The largest absolute Gasteiger partial charge is 0.490 e. The predicted molar refractivity (Wildman–Crippen MR) is 73.8 cm³/mol. The number of nitrogens with zero attached hydrogens (tertiary/aromatic N) is 1. The zero-order chi connectivity index (χ0) is 20.5. The molecular formula is C13H14F6N2O5. The van der Waals surface area contributed by atoms with Gasteiger partial charge >= 0.3 is 24.3 Å². The van der Waals surface area contributed by atoms with E-state index in [9.17, 15) is 26.3 Å². The van der Waals surface area contributed by atoms with Crippen LogP contribution >= 0.6 is 0 Å². The number of halogens is 6. The van der Waals surface area contributed by atoms with Gasteiger partial charge in [0, 0.05) is 31.3 Å². The summed E-state index contributed by atoms with van der Waals surface area (Å²) in [6, 6.07) is 3.99. The highest BCUT2D eigenvalue weighted by atomic mass is 19.4. The van der Waals surface area contributed by atoms with Crippen LogP contribution < -0.4 is 10.1 Å². The molecule has 0 atom stereocenters. The van der Waals surface area contributed by atoms with Crippen molar-refractivity contribution in [1.82, 2.24) is 10.3 Å². The van der Waals surface area contributed by atoms with E-state index in [0.29, 0.717) is 11.8 Å². The Morgan fingerprint density at radius 1 is 1.08 bits per heavy atom. The molecule has 0 amide bonds. The summed E-state index contributed by atoms with van der Waals surface area (Å²) in [5.41, 5.74) is 1.30. The van der Waals surface area contributed by atoms with Gasteiger partial charge in [-0.3, -0.25) is 0 Å². The molecule has 1 saturated heterocycles. The number of hydrogen-bond donors (Lipinski definition) is 3. The van der Waals surface area contributed by atoms with E-state index in [1.807, 2.05) is 12.3 Å². The van der Waals surface area contributed by atoms with Crippen LogP contribution in [0, 0.1) is 0 Å². The average Bonchev–Trinajstić information content (AvgIpc) is 2.45. The third-order valence-corrected chi connectivity index (χ3v) is 2.71. The van der Waals surface area contributed by atoms with Gasteiger partial charge in [0.25, 0.3) is 0 Å². The Bertz CT molecular complexity index is 560. The summed E-state index contributed by atoms with van der Waals surface area (Å²) in [4.78, 5) is 21.9. The quantitative estimate of drug-likeness (QED) is 0.661. The van der Waals surface area contributed by atoms with E-state index in [2.05, 4.69) is 16.4 Å². The Balaban J connectivity index is 0.000000390. The maximum absolute atomic E-state index is 10.6. The standard InChI is InChI=1S/C9H12N2O.2C2HF3O2/c1-12-9-3-2-7(6-11-9)8-4-10-5-8;2*3-2(4,5)1(6)7/h2-3,6,8,10H,4-5H2,1H3;2*(H,6,7). The molecule has 0 saturated carbocycles. The van der Waals surface area contributed by atoms with Crippen LogP contribution in [0.1, 0.15) is 11.5 Å². The Morgan fingerprint density at radius 3 is 1.69 bits per heavy atom. The van der Waals surface area contributed by atoms with Gasteiger partial charge in [-0.05, 0) is 5.56 Å². The molecule has 0 radical (unpaired) electrons. The van der Waals surface area contributed by atoms with Crippen molar-refractivity contribution < 1.29 is 50.9 Å². The number of nitrogens with one attached hydrogen (secondary N) is 1. The van der Waals surface area contributed by atoms with Crippen molar-refractivity contribution in [2.75, 3.05) is 20.2 Å². The number of ether oxygens (including phenoxy) is 1. The summed E-state index contributed by atoms with van der Waals surface area (Å²) in [7, 11) is 1.63. The second-order valence-electron chi connectivity index (χ2n) is 4.59. The van der Waals surface area contributed by atoms with Crippen molar-refractivity contribution in [2.24, 2.45) is 0 Å². The molecule has 2 rings (SSSR count). The lowest BCUT2D eigenvalue weighted by molar-refractivity contribution is -0.193. The van der Waals surface area contributed by atoms with Gasteiger partial charge in [-0.1, -0.05) is 6.07 Å². The van der Waals surface area contributed by atoms with Gasteiger partial charge < -0.3 is 20.3 Å². The lowest BCUT2D eigenvalue weighted by Gasteiger charge is -2.27. The van der Waals surface area contributed by atoms with Crippen LogP contribution in [-0.4, -0.2) is 59.7 Å². The Morgan fingerprint density at radius 2 is 1.50 bits per heavy atom. The van der Waals surface area contributed by atoms with Crippen LogP contribution in [-0.2, 0) is 9.59 Å². The number of carboxylic acid groups (broad SMARTS) is 2. The van der Waals surface area contributed by atoms with Crippen molar-refractivity contribution in [3.63, 3.8) is 0 Å². The summed E-state index contributed by atoms with van der Waals surface area (Å²) < 4.78 is 68.4. The number of aromatic nitrogens is 1. The average molecular weight is 392 g/mol. The van der Waals surface area contributed by atoms with Crippen LogP contribution in [0.25, 0.3) is 0 Å². The fourth-order valence-electron chi connectivity index (χ4n) is 1.28. The van der Waals surface area contributed by atoms with E-state index in [1.54, 1.807) is 7.11 Å². The molecule has 1 fully saturated rings. The molecule has 1 aliphatic heterocycles. The van der Waals surface area contributed by atoms with Crippen LogP contribution in [0.2, 0.25) is 0 Å². The molecule has 13 heteroatoms. The number of carboxylic acids is 2. The highest BCUT2D eigenvalue weighted by Crippen LogP contribution is 2.20. The van der Waals surface area contributed by atoms with Crippen LogP contribution in [0.3, 0.4) is 0 Å². The van der Waals surface area contributed by atoms with Crippen molar-refractivity contribution in [3.8, 4) is 5.88 Å². The molecule has 0 aliphatic carbocycles. The first-order chi connectivity index (χ1) is 11.8. The van der Waals surface area contributed by atoms with E-state index < -0.39 is 24.3 Å². The third-order valence-electron chi connectivity index (χ3n) is 2.71. The van der Waals surface area contributed by atoms with Gasteiger partial charge in [-0.15, -0.1) is 0 Å². The highest BCUT2D eigenvalue weighted by molar-refractivity contribution is 5.73. The third kappa shape index (κ3) is 9.05. The number of methoxy groups -OCH3 is 1. The van der Waals surface area contributed by atoms with Crippen molar-refractivity contribution in [2.45, 2.75) is 18.3 Å². The Hall–Kier alpha value is -2.57. The number of rotatable bonds is 2. The molecule has 0 bridgehead atoms. The number of pyridine rings is 1. The SMILES string of the molecule is COc1ccc(C2CNC2)cn1.O=C(O)C(F)(F)F.O=C(O)C(F)(F)F. The smallest absolute Gasteiger partial charge is 0.481 e. The molecule has 7 nitrogen and oxygen atoms in total. The molecule has 0 aromatic carbocycles. The minimum Gasteiger partial charge on any atom is -0.481 e. The Labute approximate surface area is 142 Å². The minimum atomic E-state index is -5.08. The van der Waals surface area contributed by atoms with Gasteiger partial charge in [0.05, 0.1) is 7.11 Å². The van der Waals surface area contributed by atoms with Gasteiger partial charge in [-0.2, -0.15) is 26.3 Å². The van der Waals surface area contributed by atoms with E-state index in [-0.39, 0.29) is 0 Å². The first kappa shape index (κ1) is 23.4. The second kappa shape index (κ2) is 9.79. The molecule has 148 valence electrons. The molecule has 0 spiro atoms. The minimum absolute atomic E-state index is 0.656. The first-order valence-electron chi connectivity index (χ1n) is 6.60. The molecule has 1 aromatic heterocycles. The van der Waals surface area contributed by atoms with E-state index in [1.165, 1.54) is 5.56 Å². The molecule has 1 aliphatic rings. The summed E-state index contributed by atoms with van der Waals surface area (Å²) in [5.74, 6) is -4.17. The summed E-state index contributed by atoms with van der Waals surface area (Å²) >= 11 is 0. The van der Waals surface area contributed by atoms with Crippen molar-refractivity contribution in [1.29, 1.82) is 0 Å². The van der Waals surface area contributed by atoms with Crippen molar-refractivity contribution >= 4 is 11.9 Å². The second-order valence-corrected chi connectivity index (χ2v) is 4.59. The molecule has 26 heavy (non-hydrogen) atoms. The van der Waals surface area contributed by atoms with Crippen LogP contribution in [0.4, 0.5) is 26.3 Å². The van der Waals surface area contributed by atoms with Crippen LogP contribution in [0.5, 0.6) is 5.88 Å². The number of alkyl halides is 6. The fraction of sp³-hybridized carbons (Fsp3) is 0.462. The van der Waals surface area contributed by atoms with E-state index in [0.717, 1.165) is 13.1 Å². The number of aliphatic carboxylic acids is 2. The van der Waals surface area contributed by atoms with E-state index in [4.69, 9.17) is 24.5 Å². The molecule has 1 aromatic rings. The summed E-state index contributed by atoms with van der Waals surface area (Å²) in [6.45, 7) is 2.15. The summed E-state index contributed by atoms with van der Waals surface area (Å²) in [5, 5.41) is 17.5. The highest BCUT2D eigenvalue weighted by Gasteiger charge is 2.38. The van der Waals surface area contributed by atoms with Crippen LogP contribution in [0.15, 0.2) is 18.3 Å². The maximum Gasteiger partial charge on any atom is 0.490 e. The lowest BCUT2D eigenvalue weighted by Crippen LogP contribution is -2.39. The lowest BCUT2D eigenvalue weighted by atomic mass is 9.95.